The van der Waals surface area contributed by atoms with E-state index in [1.165, 1.54) is 0 Å². The average molecular weight is 520 g/mol. The van der Waals surface area contributed by atoms with Gasteiger partial charge >= 0.3 is 5.69 Å². The quantitative estimate of drug-likeness (QED) is 0.270. The van der Waals surface area contributed by atoms with Crippen LogP contribution >= 0.6 is 23.2 Å². The van der Waals surface area contributed by atoms with Crippen molar-refractivity contribution < 1.29 is 0 Å². The maximum atomic E-state index is 12.3. The van der Waals surface area contributed by atoms with E-state index in [9.17, 15) is 4.79 Å². The van der Waals surface area contributed by atoms with Gasteiger partial charge in [0, 0.05) is 44.8 Å². The van der Waals surface area contributed by atoms with Gasteiger partial charge < -0.3 is 4.98 Å². The van der Waals surface area contributed by atoms with Crippen LogP contribution in [0.2, 0.25) is 10.0 Å². The zero-order chi connectivity index (χ0) is 25.1. The highest BCUT2D eigenvalue weighted by Gasteiger charge is 2.21. The molecule has 0 aliphatic rings. The molecule has 8 nitrogen and oxygen atoms in total. The van der Waals surface area contributed by atoms with Crippen LogP contribution in [0.25, 0.3) is 33.8 Å². The van der Waals surface area contributed by atoms with E-state index in [4.69, 9.17) is 28.2 Å². The van der Waals surface area contributed by atoms with Gasteiger partial charge in [-0.1, -0.05) is 66.9 Å². The number of tetrazole rings is 1. The summed E-state index contributed by atoms with van der Waals surface area (Å²) >= 11 is 13.1. The topological polar surface area (TPSA) is 105 Å². The second-order valence-corrected chi connectivity index (χ2v) is 9.20. The number of unbranched alkanes of at least 4 members (excludes halogenated alkanes) is 1. The Balaban J connectivity index is 1.55. The number of imidazole rings is 1. The molecule has 0 saturated heterocycles. The lowest BCUT2D eigenvalue weighted by Gasteiger charge is -2.15. The number of aromatic amines is 2. The van der Waals surface area contributed by atoms with Crippen LogP contribution in [-0.2, 0) is 13.0 Å². The predicted molar refractivity (Wildman–Crippen MR) is 141 cm³/mol. The number of hydrogen-bond donors (Lipinski definition) is 2. The van der Waals surface area contributed by atoms with Gasteiger partial charge in [0.2, 0.25) is 5.82 Å². The molecule has 0 unspecified atom stereocenters. The summed E-state index contributed by atoms with van der Waals surface area (Å²) in [6.07, 6.45) is 6.53. The molecule has 0 aliphatic heterocycles. The molecule has 0 amide bonds. The second kappa shape index (κ2) is 10.5. The Morgan fingerprint density at radius 1 is 0.972 bits per heavy atom. The van der Waals surface area contributed by atoms with E-state index in [1.807, 2.05) is 30.3 Å². The molecule has 10 heteroatoms. The smallest absolute Gasteiger partial charge is 0.312 e. The molecule has 0 saturated carbocycles. The number of rotatable bonds is 8. The Bertz CT molecular complexity index is 1520. The van der Waals surface area contributed by atoms with E-state index < -0.39 is 0 Å². The van der Waals surface area contributed by atoms with E-state index in [1.54, 1.807) is 35.2 Å². The van der Waals surface area contributed by atoms with E-state index in [0.717, 1.165) is 47.3 Å². The van der Waals surface area contributed by atoms with Gasteiger partial charge in [-0.25, -0.2) is 4.79 Å². The molecule has 0 radical (unpaired) electrons. The monoisotopic (exact) mass is 519 g/mol. The number of hydrogen-bond acceptors (Lipinski definition) is 5. The number of aryl methyl sites for hydroxylation is 1. The number of benzene rings is 2. The van der Waals surface area contributed by atoms with Crippen LogP contribution in [0, 0.1) is 0 Å². The van der Waals surface area contributed by atoms with Crippen molar-refractivity contribution in [3.8, 4) is 33.8 Å². The number of nitrogens with zero attached hydrogens (tertiary/aromatic N) is 5. The molecule has 0 bridgehead atoms. The first kappa shape index (κ1) is 24.0. The molecular weight excluding hydrogens is 497 g/mol. The lowest BCUT2D eigenvalue weighted by atomic mass is 9.93. The Hall–Kier alpha value is -3.75. The Morgan fingerprint density at radius 2 is 1.75 bits per heavy atom. The third-order valence-corrected chi connectivity index (χ3v) is 6.68. The third kappa shape index (κ3) is 4.69. The van der Waals surface area contributed by atoms with Crippen LogP contribution in [0.4, 0.5) is 0 Å². The normalized spacial score (nSPS) is 11.2. The largest absolute Gasteiger partial charge is 0.326 e. The summed E-state index contributed by atoms with van der Waals surface area (Å²) in [5, 5.41) is 15.8. The van der Waals surface area contributed by atoms with Crippen LogP contribution in [0.1, 0.15) is 31.0 Å². The first-order chi connectivity index (χ1) is 17.6. The summed E-state index contributed by atoms with van der Waals surface area (Å²) in [5.74, 6) is 0.405. The minimum Gasteiger partial charge on any atom is -0.312 e. The SMILES string of the molecule is CCCCc1c[nH]c(=O)n1Cc1ccc(-c2cccc(-c3c(Cl)cccc3Cl)c2-c2nn[nH]n2)nc1. The average Bonchev–Trinajstić information content (AvgIpc) is 3.54. The standard InChI is InChI=1S/C26H23Cl2N7O/c1-2-3-6-17-14-30-26(36)35(17)15-16-11-12-22(29-13-16)18-7-4-8-19(23(18)25-31-33-34-32-25)24-20(27)9-5-10-21(24)28/h4-5,7-14H,2-3,6,15H2,1H3,(H,30,36)(H,31,32,33,34). The Kier molecular flexibility index (Phi) is 6.97. The number of nitrogens with one attached hydrogen (secondary N) is 2. The van der Waals surface area contributed by atoms with E-state index in [-0.39, 0.29) is 5.69 Å². The van der Waals surface area contributed by atoms with Crippen LogP contribution in [0.3, 0.4) is 0 Å². The van der Waals surface area contributed by atoms with Gasteiger partial charge in [-0.3, -0.25) is 9.55 Å². The molecule has 5 aromatic rings. The molecule has 0 fully saturated rings. The van der Waals surface area contributed by atoms with Gasteiger partial charge in [0.05, 0.1) is 12.2 Å². The minimum atomic E-state index is -0.117. The van der Waals surface area contributed by atoms with Crippen molar-refractivity contribution in [3.05, 3.63) is 92.7 Å². The molecule has 0 aliphatic carbocycles. The zero-order valence-corrected chi connectivity index (χ0v) is 21.0. The van der Waals surface area contributed by atoms with Gasteiger partial charge in [0.25, 0.3) is 0 Å². The van der Waals surface area contributed by atoms with Gasteiger partial charge in [-0.05, 0) is 47.4 Å². The molecule has 0 atom stereocenters. The highest BCUT2D eigenvalue weighted by molar-refractivity contribution is 6.39. The molecule has 3 heterocycles. The van der Waals surface area contributed by atoms with Crippen molar-refractivity contribution >= 4 is 23.2 Å². The zero-order valence-electron chi connectivity index (χ0n) is 19.5. The van der Waals surface area contributed by atoms with E-state index in [0.29, 0.717) is 33.5 Å². The second-order valence-electron chi connectivity index (χ2n) is 8.39. The first-order valence-corrected chi connectivity index (χ1v) is 12.4. The lowest BCUT2D eigenvalue weighted by Crippen LogP contribution is -2.19. The summed E-state index contributed by atoms with van der Waals surface area (Å²) in [6, 6.07) is 15.1. The highest BCUT2D eigenvalue weighted by Crippen LogP contribution is 2.43. The predicted octanol–water partition coefficient (Wildman–Crippen LogP) is 5.78. The van der Waals surface area contributed by atoms with E-state index in [2.05, 4.69) is 32.5 Å². The van der Waals surface area contributed by atoms with Crippen LogP contribution in [0.5, 0.6) is 0 Å². The number of aromatic nitrogens is 7. The number of H-pyrrole nitrogens is 2. The fourth-order valence-corrected chi connectivity index (χ4v) is 4.87. The minimum absolute atomic E-state index is 0.117. The number of halogens is 2. The van der Waals surface area contributed by atoms with Gasteiger partial charge in [0.1, 0.15) is 0 Å². The van der Waals surface area contributed by atoms with Crippen molar-refractivity contribution in [2.45, 2.75) is 32.7 Å². The molecule has 2 N–H and O–H groups in total. The number of pyridine rings is 1. The molecular formula is C26H23Cl2N7O. The van der Waals surface area contributed by atoms with Crippen molar-refractivity contribution in [3.63, 3.8) is 0 Å². The first-order valence-electron chi connectivity index (χ1n) is 11.6. The van der Waals surface area contributed by atoms with Crippen molar-refractivity contribution in [2.75, 3.05) is 0 Å². The lowest BCUT2D eigenvalue weighted by molar-refractivity contribution is 0.677. The third-order valence-electron chi connectivity index (χ3n) is 6.05. The van der Waals surface area contributed by atoms with Gasteiger partial charge in [-0.15, -0.1) is 10.2 Å². The summed E-state index contributed by atoms with van der Waals surface area (Å²) in [7, 11) is 0. The highest BCUT2D eigenvalue weighted by atomic mass is 35.5. The molecule has 3 aromatic heterocycles. The molecule has 36 heavy (non-hydrogen) atoms. The van der Waals surface area contributed by atoms with Crippen LogP contribution in [-0.4, -0.2) is 35.2 Å². The summed E-state index contributed by atoms with van der Waals surface area (Å²) < 4.78 is 1.76. The van der Waals surface area contributed by atoms with Crippen molar-refractivity contribution in [2.24, 2.45) is 0 Å². The fraction of sp³-hybridized carbons (Fsp3) is 0.192. The van der Waals surface area contributed by atoms with Crippen molar-refractivity contribution in [1.29, 1.82) is 0 Å². The maximum Gasteiger partial charge on any atom is 0.326 e. The maximum absolute atomic E-state index is 12.3. The van der Waals surface area contributed by atoms with Crippen molar-refractivity contribution in [1.82, 2.24) is 35.2 Å². The molecule has 2 aromatic carbocycles. The fourth-order valence-electron chi connectivity index (χ4n) is 4.27. The van der Waals surface area contributed by atoms with Crippen LogP contribution in [0.15, 0.2) is 65.7 Å². The Morgan fingerprint density at radius 3 is 2.44 bits per heavy atom. The van der Waals surface area contributed by atoms with Crippen LogP contribution < -0.4 is 5.69 Å². The Labute approximate surface area is 217 Å². The van der Waals surface area contributed by atoms with Gasteiger partial charge in [0.15, 0.2) is 0 Å². The molecule has 0 spiro atoms. The summed E-state index contributed by atoms with van der Waals surface area (Å²) in [4.78, 5) is 19.9. The summed E-state index contributed by atoms with van der Waals surface area (Å²) in [6.45, 7) is 2.58. The van der Waals surface area contributed by atoms with Gasteiger partial charge in [-0.2, -0.15) is 5.21 Å². The molecule has 182 valence electrons. The molecule has 5 rings (SSSR count). The van der Waals surface area contributed by atoms with E-state index >= 15 is 0 Å². The summed E-state index contributed by atoms with van der Waals surface area (Å²) in [5.41, 5.74) is 5.49.